The van der Waals surface area contributed by atoms with Gasteiger partial charge in [-0.15, -0.1) is 5.73 Å². The highest BCUT2D eigenvalue weighted by Gasteiger charge is 2.44. The van der Waals surface area contributed by atoms with Crippen molar-refractivity contribution in [2.24, 2.45) is 11.8 Å². The SMILES string of the molecule is CC1=C(C2=CC3C=CC=C=C3C=C2)C2=C(CCC=C1N1C3=Cc4ccccc4CC(C)C3c3ccccc31)c1ccccc1C2(C)C. The largest absolute Gasteiger partial charge is 0.313 e. The van der Waals surface area contributed by atoms with Gasteiger partial charge in [-0.05, 0) is 112 Å². The zero-order valence-electron chi connectivity index (χ0n) is 27.8. The molecule has 0 fully saturated rings. The third kappa shape index (κ3) is 4.23. The standard InChI is InChI=1S/C46H41N/c1-29-26-32-15-7-8-17-34(32)28-42-43(29)38-19-10-12-22-41(38)47(42)40-23-13-20-37-36-18-9-11-21-39(36)46(3,4)45(37)44(30(40)2)35-25-24-31-14-5-6-16-33(31)27-35/h5-12,15-19,21-25,27-29,33,43H,13,20,26H2,1-4H3. The third-order valence-corrected chi connectivity index (χ3v) is 11.5. The molecular formula is C46H41N. The van der Waals surface area contributed by atoms with Crippen LogP contribution in [0.15, 0.2) is 160 Å². The topological polar surface area (TPSA) is 3.24 Å². The van der Waals surface area contributed by atoms with E-state index in [4.69, 9.17) is 0 Å². The molecule has 3 aromatic carbocycles. The van der Waals surface area contributed by atoms with Crippen LogP contribution in [-0.2, 0) is 11.8 Å². The maximum absolute atomic E-state index is 3.49. The zero-order valence-corrected chi connectivity index (χ0v) is 27.8. The summed E-state index contributed by atoms with van der Waals surface area (Å²) in [4.78, 5) is 2.65. The van der Waals surface area contributed by atoms with Crippen LogP contribution in [0, 0.1) is 11.8 Å². The highest BCUT2D eigenvalue weighted by Crippen LogP contribution is 2.57. The van der Waals surface area contributed by atoms with Crippen molar-refractivity contribution < 1.29 is 0 Å². The van der Waals surface area contributed by atoms with Gasteiger partial charge in [0.05, 0.1) is 0 Å². The van der Waals surface area contributed by atoms with Gasteiger partial charge >= 0.3 is 0 Å². The minimum Gasteiger partial charge on any atom is -0.313 e. The van der Waals surface area contributed by atoms with Crippen LogP contribution in [0.3, 0.4) is 0 Å². The second-order valence-electron chi connectivity index (χ2n) is 14.6. The Kier molecular flexibility index (Phi) is 6.40. The predicted octanol–water partition coefficient (Wildman–Crippen LogP) is 11.3. The number of fused-ring (bicyclic) bond motifs is 7. The molecule has 6 aliphatic rings. The Morgan fingerprint density at radius 3 is 2.64 bits per heavy atom. The van der Waals surface area contributed by atoms with Crippen LogP contribution in [-0.4, -0.2) is 0 Å². The van der Waals surface area contributed by atoms with Gasteiger partial charge < -0.3 is 4.90 Å². The molecular weight excluding hydrogens is 567 g/mol. The number of hydrogen-bond donors (Lipinski definition) is 0. The Labute approximate surface area is 279 Å². The molecule has 1 aliphatic heterocycles. The molecule has 0 bridgehead atoms. The van der Waals surface area contributed by atoms with Crippen molar-refractivity contribution in [2.75, 3.05) is 4.90 Å². The van der Waals surface area contributed by atoms with E-state index in [0.29, 0.717) is 11.8 Å². The maximum Gasteiger partial charge on any atom is 0.0497 e. The molecule has 5 aliphatic carbocycles. The van der Waals surface area contributed by atoms with Crippen molar-refractivity contribution in [2.45, 2.75) is 58.3 Å². The number of rotatable bonds is 2. The fourth-order valence-electron chi connectivity index (χ4n) is 9.42. The normalized spacial score (nSPS) is 24.9. The Bertz CT molecular complexity index is 2160. The van der Waals surface area contributed by atoms with E-state index >= 15 is 0 Å². The van der Waals surface area contributed by atoms with Gasteiger partial charge in [0.2, 0.25) is 0 Å². The molecule has 1 heterocycles. The van der Waals surface area contributed by atoms with E-state index in [0.717, 1.165) is 19.3 Å². The first kappa shape index (κ1) is 28.4. The fourth-order valence-corrected chi connectivity index (χ4v) is 9.42. The van der Waals surface area contributed by atoms with Gasteiger partial charge in [0.1, 0.15) is 0 Å². The first-order valence-corrected chi connectivity index (χ1v) is 17.4. The van der Waals surface area contributed by atoms with Crippen molar-refractivity contribution in [1.82, 2.24) is 0 Å². The van der Waals surface area contributed by atoms with Crippen LogP contribution in [0.1, 0.15) is 74.3 Å². The quantitative estimate of drug-likeness (QED) is 0.262. The summed E-state index contributed by atoms with van der Waals surface area (Å²) < 4.78 is 0. The number of hydrogen-bond acceptors (Lipinski definition) is 1. The summed E-state index contributed by atoms with van der Waals surface area (Å²) in [7, 11) is 0. The van der Waals surface area contributed by atoms with Crippen LogP contribution < -0.4 is 4.90 Å². The van der Waals surface area contributed by atoms with Crippen LogP contribution in [0.2, 0.25) is 0 Å². The van der Waals surface area contributed by atoms with E-state index in [9.17, 15) is 0 Å². The van der Waals surface area contributed by atoms with Gasteiger partial charge in [0.25, 0.3) is 0 Å². The molecule has 9 rings (SSSR count). The molecule has 0 spiro atoms. The van der Waals surface area contributed by atoms with E-state index in [-0.39, 0.29) is 11.3 Å². The molecule has 3 atom stereocenters. The summed E-state index contributed by atoms with van der Waals surface area (Å²) in [6.45, 7) is 9.74. The van der Waals surface area contributed by atoms with E-state index in [2.05, 4.69) is 154 Å². The molecule has 3 aromatic rings. The van der Waals surface area contributed by atoms with Crippen molar-refractivity contribution in [3.8, 4) is 0 Å². The lowest BCUT2D eigenvalue weighted by Crippen LogP contribution is -2.25. The van der Waals surface area contributed by atoms with Crippen molar-refractivity contribution in [3.05, 3.63) is 188 Å². The summed E-state index contributed by atoms with van der Waals surface area (Å²) in [6.07, 6.45) is 21.8. The second kappa shape index (κ2) is 10.6. The molecule has 47 heavy (non-hydrogen) atoms. The Hall–Kier alpha value is -4.84. The first-order valence-electron chi connectivity index (χ1n) is 17.4. The highest BCUT2D eigenvalue weighted by molar-refractivity contribution is 5.88. The van der Waals surface area contributed by atoms with Gasteiger partial charge in [-0.1, -0.05) is 118 Å². The smallest absolute Gasteiger partial charge is 0.0497 e. The second-order valence-corrected chi connectivity index (χ2v) is 14.6. The summed E-state index contributed by atoms with van der Waals surface area (Å²) in [6, 6.07) is 27.4. The fraction of sp³-hybridized carbons (Fsp3) is 0.239. The molecule has 0 amide bonds. The third-order valence-electron chi connectivity index (χ3n) is 11.5. The van der Waals surface area contributed by atoms with Gasteiger partial charge in [0, 0.05) is 39.9 Å². The molecule has 0 radical (unpaired) electrons. The molecule has 1 nitrogen and oxygen atoms in total. The lowest BCUT2D eigenvalue weighted by molar-refractivity contribution is 0.516. The van der Waals surface area contributed by atoms with E-state index < -0.39 is 0 Å². The van der Waals surface area contributed by atoms with Crippen molar-refractivity contribution in [1.29, 1.82) is 0 Å². The Balaban J connectivity index is 1.30. The maximum atomic E-state index is 3.49. The summed E-state index contributed by atoms with van der Waals surface area (Å²) >= 11 is 0. The minimum absolute atomic E-state index is 0.113. The monoisotopic (exact) mass is 607 g/mol. The number of para-hydroxylation sites is 1. The summed E-state index contributed by atoms with van der Waals surface area (Å²) in [5.41, 5.74) is 22.9. The molecule has 0 saturated heterocycles. The molecule has 3 unspecified atom stereocenters. The summed E-state index contributed by atoms with van der Waals surface area (Å²) in [5, 5.41) is 0. The van der Waals surface area contributed by atoms with Crippen LogP contribution in [0.25, 0.3) is 11.6 Å². The van der Waals surface area contributed by atoms with Gasteiger partial charge in [-0.25, -0.2) is 0 Å². The Morgan fingerprint density at radius 2 is 1.72 bits per heavy atom. The Morgan fingerprint density at radius 1 is 0.915 bits per heavy atom. The van der Waals surface area contributed by atoms with E-state index in [1.165, 1.54) is 78.3 Å². The lowest BCUT2D eigenvalue weighted by Gasteiger charge is -2.34. The zero-order chi connectivity index (χ0) is 31.9. The van der Waals surface area contributed by atoms with Crippen molar-refractivity contribution in [3.63, 3.8) is 0 Å². The summed E-state index contributed by atoms with van der Waals surface area (Å²) in [5.74, 6) is 1.09. The average molecular weight is 608 g/mol. The van der Waals surface area contributed by atoms with Crippen LogP contribution in [0.5, 0.6) is 0 Å². The predicted molar refractivity (Wildman–Crippen MR) is 197 cm³/mol. The van der Waals surface area contributed by atoms with Crippen LogP contribution >= 0.6 is 0 Å². The number of anilines is 1. The lowest BCUT2D eigenvalue weighted by atomic mass is 9.72. The van der Waals surface area contributed by atoms with Gasteiger partial charge in [0.15, 0.2) is 0 Å². The average Bonchev–Trinajstić information content (AvgIpc) is 3.44. The number of benzene rings is 3. The minimum atomic E-state index is -0.113. The molecule has 230 valence electrons. The van der Waals surface area contributed by atoms with Gasteiger partial charge in [-0.3, -0.25) is 0 Å². The van der Waals surface area contributed by atoms with E-state index in [1.54, 1.807) is 0 Å². The molecule has 0 N–H and O–H groups in total. The first-order chi connectivity index (χ1) is 22.9. The molecule has 1 heteroatoms. The number of allylic oxidation sites excluding steroid dienone is 13. The molecule has 0 saturated carbocycles. The van der Waals surface area contributed by atoms with E-state index in [1.807, 2.05) is 6.08 Å². The van der Waals surface area contributed by atoms with Crippen LogP contribution in [0.4, 0.5) is 5.69 Å². The molecule has 0 aromatic heterocycles. The highest BCUT2D eigenvalue weighted by atomic mass is 15.2. The van der Waals surface area contributed by atoms with Crippen molar-refractivity contribution >= 4 is 17.3 Å². The number of nitrogens with zero attached hydrogens (tertiary/aromatic N) is 1. The van der Waals surface area contributed by atoms with Gasteiger partial charge in [-0.2, -0.15) is 0 Å².